The van der Waals surface area contributed by atoms with Gasteiger partial charge in [0.25, 0.3) is 5.91 Å². The van der Waals surface area contributed by atoms with Gasteiger partial charge in [-0.3, -0.25) is 9.20 Å². The third-order valence-corrected chi connectivity index (χ3v) is 5.30. The molecular weight excluding hydrogens is 378 g/mol. The Kier molecular flexibility index (Phi) is 5.35. The van der Waals surface area contributed by atoms with Crippen LogP contribution in [0.5, 0.6) is 0 Å². The number of aromatic nitrogens is 4. The average Bonchev–Trinajstić information content (AvgIpc) is 3.30. The summed E-state index contributed by atoms with van der Waals surface area (Å²) in [5.74, 6) is 1.14. The van der Waals surface area contributed by atoms with E-state index in [1.165, 1.54) is 5.56 Å². The number of nitrogens with one attached hydrogen (secondary N) is 1. The van der Waals surface area contributed by atoms with Gasteiger partial charge in [0.05, 0.1) is 29.7 Å². The molecule has 0 saturated heterocycles. The molecule has 0 unspecified atom stereocenters. The molecule has 0 fully saturated rings. The lowest BCUT2D eigenvalue weighted by Crippen LogP contribution is -2.40. The second-order valence-electron chi connectivity index (χ2n) is 7.77. The van der Waals surface area contributed by atoms with Crippen molar-refractivity contribution in [2.75, 3.05) is 6.54 Å². The molecule has 154 valence electrons. The van der Waals surface area contributed by atoms with Crippen LogP contribution < -0.4 is 9.88 Å². The first kappa shape index (κ1) is 19.8. The summed E-state index contributed by atoms with van der Waals surface area (Å²) in [5, 5.41) is 6.99. The predicted octanol–water partition coefficient (Wildman–Crippen LogP) is 3.45. The lowest BCUT2D eigenvalue weighted by atomic mass is 10.1. The van der Waals surface area contributed by atoms with E-state index in [4.69, 9.17) is 4.52 Å². The van der Waals surface area contributed by atoms with Gasteiger partial charge in [-0.2, -0.15) is 0 Å². The molecule has 0 spiro atoms. The van der Waals surface area contributed by atoms with Gasteiger partial charge in [0.15, 0.2) is 18.9 Å². The van der Waals surface area contributed by atoms with E-state index in [0.717, 1.165) is 22.7 Å². The van der Waals surface area contributed by atoms with E-state index >= 15 is 0 Å². The molecule has 0 aliphatic carbocycles. The summed E-state index contributed by atoms with van der Waals surface area (Å²) in [5.41, 5.74) is 5.24. The molecule has 0 aromatic carbocycles. The van der Waals surface area contributed by atoms with Crippen molar-refractivity contribution in [3.05, 3.63) is 71.6 Å². The second kappa shape index (κ2) is 8.10. The SMILES string of the molecule is Cc1noc(C)c1-c1cnc2cc(C(=O)NCC[n+]3ccc(C(C)C)cc3)ccn12. The minimum absolute atomic E-state index is 0.112. The van der Waals surface area contributed by atoms with Crippen molar-refractivity contribution in [1.29, 1.82) is 0 Å². The number of amides is 1. The summed E-state index contributed by atoms with van der Waals surface area (Å²) in [6.07, 6.45) is 7.74. The fraction of sp³-hybridized carbons (Fsp3) is 0.304. The van der Waals surface area contributed by atoms with Crippen LogP contribution in [0, 0.1) is 13.8 Å². The molecule has 1 N–H and O–H groups in total. The molecule has 0 aliphatic rings. The molecule has 4 aromatic heterocycles. The molecule has 7 heteroatoms. The maximum Gasteiger partial charge on any atom is 0.251 e. The van der Waals surface area contributed by atoms with E-state index in [2.05, 4.69) is 46.0 Å². The Balaban J connectivity index is 1.44. The van der Waals surface area contributed by atoms with Crippen LogP contribution in [0.4, 0.5) is 0 Å². The van der Waals surface area contributed by atoms with Crippen molar-refractivity contribution in [3.63, 3.8) is 0 Å². The number of aryl methyl sites for hydroxylation is 2. The van der Waals surface area contributed by atoms with Crippen molar-refractivity contribution < 1.29 is 13.9 Å². The number of fused-ring (bicyclic) bond motifs is 1. The highest BCUT2D eigenvalue weighted by atomic mass is 16.5. The number of carbonyl (C=O) groups is 1. The summed E-state index contributed by atoms with van der Waals surface area (Å²) in [6.45, 7) is 9.40. The van der Waals surface area contributed by atoms with Crippen molar-refractivity contribution >= 4 is 11.6 Å². The number of nitrogens with zero attached hydrogens (tertiary/aromatic N) is 4. The molecule has 1 amide bonds. The van der Waals surface area contributed by atoms with Gasteiger partial charge < -0.3 is 9.84 Å². The van der Waals surface area contributed by atoms with Crippen LogP contribution in [0.2, 0.25) is 0 Å². The normalized spacial score (nSPS) is 11.4. The zero-order valence-corrected chi connectivity index (χ0v) is 17.7. The highest BCUT2D eigenvalue weighted by Gasteiger charge is 2.17. The van der Waals surface area contributed by atoms with Crippen LogP contribution in [-0.4, -0.2) is 27.0 Å². The molecule has 0 aliphatic heterocycles. The number of rotatable bonds is 6. The van der Waals surface area contributed by atoms with Crippen molar-refractivity contribution in [1.82, 2.24) is 19.9 Å². The van der Waals surface area contributed by atoms with Gasteiger partial charge in [0.1, 0.15) is 11.4 Å². The first-order chi connectivity index (χ1) is 14.4. The zero-order valence-electron chi connectivity index (χ0n) is 17.7. The number of hydrogen-bond acceptors (Lipinski definition) is 4. The average molecular weight is 404 g/mol. The summed E-state index contributed by atoms with van der Waals surface area (Å²) in [6, 6.07) is 7.84. The lowest BCUT2D eigenvalue weighted by molar-refractivity contribution is -0.694. The van der Waals surface area contributed by atoms with Crippen molar-refractivity contribution in [2.24, 2.45) is 0 Å². The first-order valence-corrected chi connectivity index (χ1v) is 10.1. The first-order valence-electron chi connectivity index (χ1n) is 10.1. The highest BCUT2D eigenvalue weighted by molar-refractivity contribution is 5.95. The van der Waals surface area contributed by atoms with E-state index in [0.29, 0.717) is 30.2 Å². The largest absolute Gasteiger partial charge is 0.361 e. The van der Waals surface area contributed by atoms with Gasteiger partial charge in [-0.15, -0.1) is 0 Å². The van der Waals surface area contributed by atoms with Gasteiger partial charge in [-0.1, -0.05) is 19.0 Å². The number of pyridine rings is 2. The summed E-state index contributed by atoms with van der Waals surface area (Å²) in [4.78, 5) is 17.0. The van der Waals surface area contributed by atoms with Crippen LogP contribution in [-0.2, 0) is 6.54 Å². The molecular formula is C23H26N5O2+. The number of carbonyl (C=O) groups excluding carboxylic acids is 1. The van der Waals surface area contributed by atoms with Gasteiger partial charge in [0, 0.05) is 23.9 Å². The van der Waals surface area contributed by atoms with Crippen LogP contribution >= 0.6 is 0 Å². The minimum atomic E-state index is -0.112. The Morgan fingerprint density at radius 1 is 1.23 bits per heavy atom. The third kappa shape index (κ3) is 3.83. The van der Waals surface area contributed by atoms with Crippen LogP contribution in [0.3, 0.4) is 0 Å². The standard InChI is InChI=1S/C23H25N5O2/c1-15(2)18-5-9-27(10-6-18)12-8-24-23(29)19-7-11-28-20(14-25-21(28)13-19)22-16(3)26-30-17(22)4/h5-7,9-11,13-15H,8,12H2,1-4H3/p+1. The minimum Gasteiger partial charge on any atom is -0.361 e. The fourth-order valence-corrected chi connectivity index (χ4v) is 3.56. The number of hydrogen-bond donors (Lipinski definition) is 1. The Bertz CT molecular complexity index is 1170. The van der Waals surface area contributed by atoms with E-state index in [1.54, 1.807) is 18.3 Å². The second-order valence-corrected chi connectivity index (χ2v) is 7.77. The fourth-order valence-electron chi connectivity index (χ4n) is 3.56. The maximum atomic E-state index is 12.6. The molecule has 30 heavy (non-hydrogen) atoms. The molecule has 0 atom stereocenters. The molecule has 0 radical (unpaired) electrons. The Morgan fingerprint density at radius 2 is 2.00 bits per heavy atom. The highest BCUT2D eigenvalue weighted by Crippen LogP contribution is 2.27. The van der Waals surface area contributed by atoms with Gasteiger partial charge in [0.2, 0.25) is 0 Å². The van der Waals surface area contributed by atoms with Crippen LogP contribution in [0.25, 0.3) is 16.9 Å². The van der Waals surface area contributed by atoms with Gasteiger partial charge in [-0.25, -0.2) is 9.55 Å². The van der Waals surface area contributed by atoms with E-state index < -0.39 is 0 Å². The van der Waals surface area contributed by atoms with Crippen LogP contribution in [0.15, 0.2) is 53.6 Å². The zero-order chi connectivity index (χ0) is 21.3. The smallest absolute Gasteiger partial charge is 0.251 e. The summed E-state index contributed by atoms with van der Waals surface area (Å²) < 4.78 is 9.28. The van der Waals surface area contributed by atoms with E-state index in [-0.39, 0.29) is 5.91 Å². The summed E-state index contributed by atoms with van der Waals surface area (Å²) >= 11 is 0. The molecule has 4 rings (SSSR count). The quantitative estimate of drug-likeness (QED) is 0.500. The molecule has 0 bridgehead atoms. The van der Waals surface area contributed by atoms with Crippen molar-refractivity contribution in [3.8, 4) is 11.3 Å². The van der Waals surface area contributed by atoms with Gasteiger partial charge >= 0.3 is 0 Å². The Morgan fingerprint density at radius 3 is 2.67 bits per heavy atom. The van der Waals surface area contributed by atoms with Crippen LogP contribution in [0.1, 0.15) is 47.1 Å². The predicted molar refractivity (Wildman–Crippen MR) is 113 cm³/mol. The third-order valence-electron chi connectivity index (χ3n) is 5.30. The number of imidazole rings is 1. The van der Waals surface area contributed by atoms with Crippen molar-refractivity contribution in [2.45, 2.75) is 40.2 Å². The van der Waals surface area contributed by atoms with E-state index in [1.807, 2.05) is 36.8 Å². The molecule has 7 nitrogen and oxygen atoms in total. The molecule has 4 heterocycles. The Labute approximate surface area is 175 Å². The van der Waals surface area contributed by atoms with E-state index in [9.17, 15) is 4.79 Å². The monoisotopic (exact) mass is 404 g/mol. The topological polar surface area (TPSA) is 76.3 Å². The molecule has 4 aromatic rings. The van der Waals surface area contributed by atoms with Gasteiger partial charge in [-0.05, 0) is 37.5 Å². The lowest BCUT2D eigenvalue weighted by Gasteiger charge is -2.06. The summed E-state index contributed by atoms with van der Waals surface area (Å²) in [7, 11) is 0. The maximum absolute atomic E-state index is 12.6. The Hall–Kier alpha value is -3.48. The molecule has 0 saturated carbocycles.